The minimum atomic E-state index is -0.667. The largest absolute Gasteiger partial charge is 0.493 e. The van der Waals surface area contributed by atoms with Crippen molar-refractivity contribution < 1.29 is 23.0 Å². The monoisotopic (exact) mass is 430 g/mol. The molecule has 1 N–H and O–H groups in total. The number of benzene rings is 2. The van der Waals surface area contributed by atoms with E-state index in [2.05, 4.69) is 10.3 Å². The van der Waals surface area contributed by atoms with Crippen molar-refractivity contribution in [2.24, 2.45) is 0 Å². The summed E-state index contributed by atoms with van der Waals surface area (Å²) in [5.74, 6) is -1.15. The molecular formula is C22H20F2N2O3S. The minimum Gasteiger partial charge on any atom is -0.493 e. The maximum Gasteiger partial charge on any atom is 0.257 e. The highest BCUT2D eigenvalue weighted by atomic mass is 32.1. The highest BCUT2D eigenvalue weighted by molar-refractivity contribution is 7.13. The molecule has 0 fully saturated rings. The van der Waals surface area contributed by atoms with Crippen LogP contribution < -0.4 is 10.1 Å². The fraction of sp³-hybridized carbons (Fsp3) is 0.182. The summed E-state index contributed by atoms with van der Waals surface area (Å²) in [6.07, 6.45) is 5.44. The van der Waals surface area contributed by atoms with Gasteiger partial charge < -0.3 is 9.47 Å². The molecule has 3 rings (SSSR count). The Kier molecular flexibility index (Phi) is 7.64. The molecular weight excluding hydrogens is 410 g/mol. The van der Waals surface area contributed by atoms with Crippen LogP contribution in [0.2, 0.25) is 0 Å². The van der Waals surface area contributed by atoms with Gasteiger partial charge in [0.05, 0.1) is 6.61 Å². The number of thiazole rings is 1. The third-order valence-electron chi connectivity index (χ3n) is 4.02. The number of ether oxygens (including phenoxy) is 2. The first kappa shape index (κ1) is 21.6. The molecule has 0 unspecified atom stereocenters. The van der Waals surface area contributed by atoms with E-state index in [0.29, 0.717) is 41.6 Å². The van der Waals surface area contributed by atoms with Crippen molar-refractivity contribution in [3.8, 4) is 5.75 Å². The van der Waals surface area contributed by atoms with E-state index >= 15 is 0 Å². The molecule has 0 spiro atoms. The van der Waals surface area contributed by atoms with E-state index < -0.39 is 11.6 Å². The fourth-order valence-electron chi connectivity index (χ4n) is 2.60. The van der Waals surface area contributed by atoms with Gasteiger partial charge >= 0.3 is 0 Å². The summed E-state index contributed by atoms with van der Waals surface area (Å²) in [4.78, 5) is 16.7. The molecule has 0 saturated heterocycles. The number of hydrogen-bond donors (Lipinski definition) is 1. The van der Waals surface area contributed by atoms with Crippen molar-refractivity contribution in [1.29, 1.82) is 0 Å². The zero-order valence-electron chi connectivity index (χ0n) is 16.2. The van der Waals surface area contributed by atoms with Crippen LogP contribution in [0.3, 0.4) is 0 Å². The quantitative estimate of drug-likeness (QED) is 0.372. The number of anilines is 1. The molecule has 0 radical (unpaired) electrons. The fourth-order valence-corrected chi connectivity index (χ4v) is 3.13. The molecule has 0 aliphatic heterocycles. The third kappa shape index (κ3) is 6.20. The van der Waals surface area contributed by atoms with Crippen LogP contribution in [0.15, 0.2) is 48.0 Å². The van der Waals surface area contributed by atoms with E-state index in [0.717, 1.165) is 6.07 Å². The van der Waals surface area contributed by atoms with Crippen LogP contribution in [0.1, 0.15) is 27.9 Å². The number of carbonyl (C=O) groups excluding carboxylic acids is 1. The first-order chi connectivity index (χ1) is 14.5. The Bertz CT molecular complexity index is 1020. The van der Waals surface area contributed by atoms with Gasteiger partial charge in [0.1, 0.15) is 17.4 Å². The molecule has 30 heavy (non-hydrogen) atoms. The highest BCUT2D eigenvalue weighted by Gasteiger charge is 2.11. The summed E-state index contributed by atoms with van der Waals surface area (Å²) in [5, 5.41) is 4.97. The topological polar surface area (TPSA) is 60.5 Å². The average molecular weight is 430 g/mol. The normalized spacial score (nSPS) is 11.0. The molecule has 1 aromatic heterocycles. The molecule has 3 aromatic rings. The Morgan fingerprint density at radius 3 is 2.77 bits per heavy atom. The van der Waals surface area contributed by atoms with Gasteiger partial charge in [-0.2, -0.15) is 0 Å². The number of carbonyl (C=O) groups is 1. The molecule has 8 heteroatoms. The molecule has 156 valence electrons. The number of nitrogens with zero attached hydrogens (tertiary/aromatic N) is 1. The highest BCUT2D eigenvalue weighted by Crippen LogP contribution is 2.22. The van der Waals surface area contributed by atoms with Crippen LogP contribution in [0, 0.1) is 11.6 Å². The van der Waals surface area contributed by atoms with E-state index in [9.17, 15) is 13.6 Å². The van der Waals surface area contributed by atoms with E-state index in [1.54, 1.807) is 43.0 Å². The number of rotatable bonds is 9. The van der Waals surface area contributed by atoms with Crippen molar-refractivity contribution in [3.63, 3.8) is 0 Å². The predicted octanol–water partition coefficient (Wildman–Crippen LogP) is 5.26. The summed E-state index contributed by atoms with van der Waals surface area (Å²) in [5.41, 5.74) is 1.23. The van der Waals surface area contributed by atoms with Gasteiger partial charge in [0.25, 0.3) is 5.91 Å². The molecule has 0 aliphatic carbocycles. The number of amides is 1. The SMILES string of the molecule is COCCCOc1cc(/C=C/c2ccc(F)cc2F)cc(C(=O)Nc2nccs2)c1. The lowest BCUT2D eigenvalue weighted by atomic mass is 10.1. The maximum absolute atomic E-state index is 13.9. The number of halogens is 2. The lowest BCUT2D eigenvalue weighted by molar-refractivity contribution is 0.102. The van der Waals surface area contributed by atoms with Crippen LogP contribution >= 0.6 is 11.3 Å². The van der Waals surface area contributed by atoms with Crippen LogP contribution in [0.5, 0.6) is 5.75 Å². The molecule has 0 atom stereocenters. The molecule has 2 aromatic carbocycles. The summed E-state index contributed by atoms with van der Waals surface area (Å²) < 4.78 is 37.7. The van der Waals surface area contributed by atoms with Gasteiger partial charge in [0, 0.05) is 48.9 Å². The Labute approximate surface area is 177 Å². The van der Waals surface area contributed by atoms with Gasteiger partial charge in [-0.15, -0.1) is 11.3 Å². The Balaban J connectivity index is 1.84. The van der Waals surface area contributed by atoms with E-state index in [-0.39, 0.29) is 11.5 Å². The van der Waals surface area contributed by atoms with Crippen LogP contribution in [0.25, 0.3) is 12.2 Å². The lowest BCUT2D eigenvalue weighted by Crippen LogP contribution is -2.12. The van der Waals surface area contributed by atoms with Crippen molar-refractivity contribution in [3.05, 3.63) is 76.3 Å². The van der Waals surface area contributed by atoms with Crippen molar-refractivity contribution in [2.45, 2.75) is 6.42 Å². The van der Waals surface area contributed by atoms with Gasteiger partial charge in [-0.3, -0.25) is 10.1 Å². The van der Waals surface area contributed by atoms with Crippen molar-refractivity contribution >= 4 is 34.5 Å². The zero-order valence-corrected chi connectivity index (χ0v) is 17.0. The Hall–Kier alpha value is -3.10. The average Bonchev–Trinajstić information content (AvgIpc) is 3.23. The Morgan fingerprint density at radius 2 is 2.03 bits per heavy atom. The van der Waals surface area contributed by atoms with Crippen LogP contribution in [0.4, 0.5) is 13.9 Å². The first-order valence-corrected chi connectivity index (χ1v) is 10.0. The summed E-state index contributed by atoms with van der Waals surface area (Å²) in [6, 6.07) is 8.38. The molecule has 5 nitrogen and oxygen atoms in total. The zero-order chi connectivity index (χ0) is 21.3. The van der Waals surface area contributed by atoms with Crippen molar-refractivity contribution in [1.82, 2.24) is 4.98 Å². The molecule has 0 saturated carbocycles. The first-order valence-electron chi connectivity index (χ1n) is 9.16. The van der Waals surface area contributed by atoms with Crippen LogP contribution in [-0.4, -0.2) is 31.2 Å². The second-order valence-electron chi connectivity index (χ2n) is 6.28. The summed E-state index contributed by atoms with van der Waals surface area (Å²) in [6.45, 7) is 0.974. The molecule has 1 amide bonds. The molecule has 0 aliphatic rings. The van der Waals surface area contributed by atoms with E-state index in [1.807, 2.05) is 0 Å². The number of hydrogen-bond acceptors (Lipinski definition) is 5. The second kappa shape index (κ2) is 10.6. The summed E-state index contributed by atoms with van der Waals surface area (Å²) >= 11 is 1.31. The predicted molar refractivity (Wildman–Crippen MR) is 114 cm³/mol. The number of nitrogens with one attached hydrogen (secondary N) is 1. The molecule has 0 bridgehead atoms. The Morgan fingerprint density at radius 1 is 1.17 bits per heavy atom. The smallest absolute Gasteiger partial charge is 0.257 e. The standard InChI is InChI=1S/C22H20F2N2O3S/c1-28-8-2-9-29-19-12-15(3-4-16-5-6-18(23)14-20(16)24)11-17(13-19)21(27)26-22-25-7-10-30-22/h3-7,10-14H,2,8-9H2,1H3,(H,25,26,27)/b4-3+. The lowest BCUT2D eigenvalue weighted by Gasteiger charge is -2.10. The number of methoxy groups -OCH3 is 1. The van der Waals surface area contributed by atoms with Gasteiger partial charge in [-0.1, -0.05) is 12.2 Å². The van der Waals surface area contributed by atoms with Crippen molar-refractivity contribution in [2.75, 3.05) is 25.6 Å². The molecule has 1 heterocycles. The maximum atomic E-state index is 13.9. The van der Waals surface area contributed by atoms with Crippen LogP contribution in [-0.2, 0) is 4.74 Å². The van der Waals surface area contributed by atoms with Gasteiger partial charge in [-0.05, 0) is 35.9 Å². The van der Waals surface area contributed by atoms with E-state index in [1.165, 1.54) is 29.5 Å². The van der Waals surface area contributed by atoms with Gasteiger partial charge in [0.2, 0.25) is 0 Å². The number of aromatic nitrogens is 1. The third-order valence-corrected chi connectivity index (χ3v) is 4.71. The second-order valence-corrected chi connectivity index (χ2v) is 7.17. The van der Waals surface area contributed by atoms with Gasteiger partial charge in [-0.25, -0.2) is 13.8 Å². The summed E-state index contributed by atoms with van der Waals surface area (Å²) in [7, 11) is 1.61. The van der Waals surface area contributed by atoms with Gasteiger partial charge in [0.15, 0.2) is 5.13 Å². The van der Waals surface area contributed by atoms with E-state index in [4.69, 9.17) is 9.47 Å². The minimum absolute atomic E-state index is 0.233.